The predicted octanol–water partition coefficient (Wildman–Crippen LogP) is 2.39. The number of aryl methyl sites for hydroxylation is 1. The molecule has 1 N–H and O–H groups in total. The SMILES string of the molecule is Cc1nc(NC(=O)C2(C#N)CC2)ccc1Br. The number of carbonyl (C=O) groups is 1. The Labute approximate surface area is 102 Å². The summed E-state index contributed by atoms with van der Waals surface area (Å²) in [4.78, 5) is 15.9. The van der Waals surface area contributed by atoms with Gasteiger partial charge in [0.25, 0.3) is 0 Å². The van der Waals surface area contributed by atoms with Crippen molar-refractivity contribution in [2.24, 2.45) is 5.41 Å². The van der Waals surface area contributed by atoms with Gasteiger partial charge in [0, 0.05) is 4.47 Å². The van der Waals surface area contributed by atoms with E-state index in [9.17, 15) is 4.79 Å². The lowest BCUT2D eigenvalue weighted by Crippen LogP contribution is -2.23. The van der Waals surface area contributed by atoms with Crippen LogP contribution in [0.1, 0.15) is 18.5 Å². The van der Waals surface area contributed by atoms with E-state index in [0.29, 0.717) is 18.7 Å². The fraction of sp³-hybridized carbons (Fsp3) is 0.364. The van der Waals surface area contributed by atoms with Crippen LogP contribution in [0.2, 0.25) is 0 Å². The average Bonchev–Trinajstić information content (AvgIpc) is 3.04. The molecule has 0 unspecified atom stereocenters. The summed E-state index contributed by atoms with van der Waals surface area (Å²) < 4.78 is 0.895. The Morgan fingerprint density at radius 2 is 2.31 bits per heavy atom. The maximum atomic E-state index is 11.7. The van der Waals surface area contributed by atoms with Crippen molar-refractivity contribution < 1.29 is 4.79 Å². The summed E-state index contributed by atoms with van der Waals surface area (Å²) in [6, 6.07) is 5.58. The molecule has 1 heterocycles. The normalized spacial score (nSPS) is 16.3. The zero-order chi connectivity index (χ0) is 11.8. The molecule has 16 heavy (non-hydrogen) atoms. The number of hydrogen-bond acceptors (Lipinski definition) is 3. The average molecular weight is 280 g/mol. The van der Waals surface area contributed by atoms with Crippen LogP contribution >= 0.6 is 15.9 Å². The van der Waals surface area contributed by atoms with E-state index in [0.717, 1.165) is 10.2 Å². The number of hydrogen-bond donors (Lipinski definition) is 1. The van der Waals surface area contributed by atoms with E-state index in [1.165, 1.54) is 0 Å². The molecule has 0 spiro atoms. The van der Waals surface area contributed by atoms with Gasteiger partial charge in [-0.1, -0.05) is 0 Å². The zero-order valence-corrected chi connectivity index (χ0v) is 10.3. The highest BCUT2D eigenvalue weighted by Crippen LogP contribution is 2.45. The number of nitrogens with zero attached hydrogens (tertiary/aromatic N) is 2. The molecule has 0 aromatic carbocycles. The van der Waals surface area contributed by atoms with E-state index in [1.54, 1.807) is 6.07 Å². The van der Waals surface area contributed by atoms with E-state index >= 15 is 0 Å². The third kappa shape index (κ3) is 1.93. The predicted molar refractivity (Wildman–Crippen MR) is 62.6 cm³/mol. The minimum atomic E-state index is -0.803. The van der Waals surface area contributed by atoms with E-state index in [1.807, 2.05) is 19.1 Å². The molecule has 0 bridgehead atoms. The lowest BCUT2D eigenvalue weighted by molar-refractivity contribution is -0.119. The number of amides is 1. The fourth-order valence-corrected chi connectivity index (χ4v) is 1.59. The van der Waals surface area contributed by atoms with Gasteiger partial charge in [-0.15, -0.1) is 0 Å². The Hall–Kier alpha value is -1.41. The van der Waals surface area contributed by atoms with Gasteiger partial charge in [-0.05, 0) is 47.8 Å². The van der Waals surface area contributed by atoms with E-state index in [2.05, 4.69) is 26.2 Å². The molecule has 1 saturated carbocycles. The Bertz CT molecular complexity index is 488. The standard InChI is InChI=1S/C11H10BrN3O/c1-7-8(12)2-3-9(14-7)15-10(16)11(6-13)4-5-11/h2-3H,4-5H2,1H3,(H,14,15,16). The van der Waals surface area contributed by atoms with E-state index in [4.69, 9.17) is 5.26 Å². The summed E-state index contributed by atoms with van der Waals surface area (Å²) >= 11 is 3.33. The molecule has 82 valence electrons. The third-order valence-electron chi connectivity index (χ3n) is 2.66. The number of rotatable bonds is 2. The quantitative estimate of drug-likeness (QED) is 0.904. The second-order valence-electron chi connectivity index (χ2n) is 3.91. The molecule has 0 aliphatic heterocycles. The lowest BCUT2D eigenvalue weighted by Gasteiger charge is -2.08. The van der Waals surface area contributed by atoms with Crippen LogP contribution in [0.5, 0.6) is 0 Å². The highest BCUT2D eigenvalue weighted by molar-refractivity contribution is 9.10. The zero-order valence-electron chi connectivity index (χ0n) is 8.75. The van der Waals surface area contributed by atoms with Crippen molar-refractivity contribution >= 4 is 27.7 Å². The topological polar surface area (TPSA) is 65.8 Å². The minimum Gasteiger partial charge on any atom is -0.309 e. The van der Waals surface area contributed by atoms with Crippen LogP contribution in [-0.2, 0) is 4.79 Å². The Morgan fingerprint density at radius 3 is 2.81 bits per heavy atom. The largest absolute Gasteiger partial charge is 0.309 e. The van der Waals surface area contributed by atoms with Gasteiger partial charge in [0.1, 0.15) is 11.2 Å². The van der Waals surface area contributed by atoms with Crippen LogP contribution in [0.4, 0.5) is 5.82 Å². The monoisotopic (exact) mass is 279 g/mol. The number of aromatic nitrogens is 1. The molecule has 1 amide bonds. The van der Waals surface area contributed by atoms with Crippen molar-refractivity contribution in [2.45, 2.75) is 19.8 Å². The van der Waals surface area contributed by atoms with Crippen molar-refractivity contribution in [3.63, 3.8) is 0 Å². The lowest BCUT2D eigenvalue weighted by atomic mass is 10.1. The molecule has 1 fully saturated rings. The summed E-state index contributed by atoms with van der Waals surface area (Å²) in [5.41, 5.74) is 0.00227. The summed E-state index contributed by atoms with van der Waals surface area (Å²) in [6.45, 7) is 1.84. The van der Waals surface area contributed by atoms with Crippen LogP contribution in [0.15, 0.2) is 16.6 Å². The second kappa shape index (κ2) is 3.87. The maximum Gasteiger partial charge on any atom is 0.246 e. The summed E-state index contributed by atoms with van der Waals surface area (Å²) in [5, 5.41) is 11.5. The number of nitriles is 1. The van der Waals surface area contributed by atoms with Gasteiger partial charge < -0.3 is 5.32 Å². The first-order valence-electron chi connectivity index (χ1n) is 4.93. The van der Waals surface area contributed by atoms with E-state index in [-0.39, 0.29) is 5.91 Å². The highest BCUT2D eigenvalue weighted by Gasteiger charge is 2.50. The van der Waals surface area contributed by atoms with Gasteiger partial charge in [-0.3, -0.25) is 4.79 Å². The molecule has 1 aliphatic rings. The Kier molecular flexibility index (Phi) is 2.68. The molecular weight excluding hydrogens is 270 g/mol. The van der Waals surface area contributed by atoms with Gasteiger partial charge in [0.2, 0.25) is 5.91 Å². The first-order valence-corrected chi connectivity index (χ1v) is 5.72. The van der Waals surface area contributed by atoms with Crippen LogP contribution in [-0.4, -0.2) is 10.9 Å². The number of anilines is 1. The van der Waals surface area contributed by atoms with Crippen LogP contribution < -0.4 is 5.32 Å². The first-order chi connectivity index (χ1) is 7.57. The minimum absolute atomic E-state index is 0.246. The Morgan fingerprint density at radius 1 is 1.62 bits per heavy atom. The molecule has 1 aromatic heterocycles. The molecular formula is C11H10BrN3O. The van der Waals surface area contributed by atoms with Gasteiger partial charge in [0.05, 0.1) is 11.8 Å². The van der Waals surface area contributed by atoms with Gasteiger partial charge >= 0.3 is 0 Å². The van der Waals surface area contributed by atoms with Crippen molar-refractivity contribution in [3.8, 4) is 6.07 Å². The molecule has 0 radical (unpaired) electrons. The summed E-state index contributed by atoms with van der Waals surface area (Å²) in [5.74, 6) is 0.247. The number of nitrogens with one attached hydrogen (secondary N) is 1. The van der Waals surface area contributed by atoms with Crippen LogP contribution in [0.3, 0.4) is 0 Å². The number of pyridine rings is 1. The van der Waals surface area contributed by atoms with Crippen molar-refractivity contribution in [1.82, 2.24) is 4.98 Å². The number of carbonyl (C=O) groups excluding carboxylic acids is 1. The molecule has 0 saturated heterocycles. The fourth-order valence-electron chi connectivity index (χ4n) is 1.36. The molecule has 5 heteroatoms. The van der Waals surface area contributed by atoms with Gasteiger partial charge in [-0.2, -0.15) is 5.26 Å². The van der Waals surface area contributed by atoms with E-state index < -0.39 is 5.41 Å². The Balaban J connectivity index is 2.13. The second-order valence-corrected chi connectivity index (χ2v) is 4.77. The van der Waals surface area contributed by atoms with Crippen LogP contribution in [0, 0.1) is 23.7 Å². The number of halogens is 1. The van der Waals surface area contributed by atoms with Crippen molar-refractivity contribution in [2.75, 3.05) is 5.32 Å². The van der Waals surface area contributed by atoms with Gasteiger partial charge in [-0.25, -0.2) is 4.98 Å². The molecule has 0 atom stereocenters. The third-order valence-corrected chi connectivity index (χ3v) is 3.50. The van der Waals surface area contributed by atoms with Gasteiger partial charge in [0.15, 0.2) is 0 Å². The van der Waals surface area contributed by atoms with Crippen LogP contribution in [0.25, 0.3) is 0 Å². The maximum absolute atomic E-state index is 11.7. The highest BCUT2D eigenvalue weighted by atomic mass is 79.9. The van der Waals surface area contributed by atoms with Crippen molar-refractivity contribution in [1.29, 1.82) is 5.26 Å². The van der Waals surface area contributed by atoms with Crippen molar-refractivity contribution in [3.05, 3.63) is 22.3 Å². The first kappa shape index (κ1) is 11.1. The molecule has 1 aromatic rings. The summed E-state index contributed by atoms with van der Waals surface area (Å²) in [7, 11) is 0. The molecule has 1 aliphatic carbocycles. The molecule has 2 rings (SSSR count). The smallest absolute Gasteiger partial charge is 0.246 e. The summed E-state index contributed by atoms with van der Waals surface area (Å²) in [6.07, 6.45) is 1.29. The molecule has 4 nitrogen and oxygen atoms in total.